The zero-order chi connectivity index (χ0) is 14.4. The Morgan fingerprint density at radius 1 is 1.22 bits per heavy atom. The number of primary amides is 1. The molecule has 0 aromatic carbocycles. The number of carbonyl (C=O) groups excluding carboxylic acids is 2. The van der Waals surface area contributed by atoms with Gasteiger partial charge in [0.05, 0.1) is 0 Å². The first kappa shape index (κ1) is 19.4. The summed E-state index contributed by atoms with van der Waals surface area (Å²) in [5.41, 5.74) is 4.17. The normalized spacial score (nSPS) is 22.9. The number of nitrogens with zero attached hydrogens (tertiary/aromatic N) is 1. The van der Waals surface area contributed by atoms with E-state index < -0.39 is 0 Å². The van der Waals surface area contributed by atoms with Crippen LogP contribution in [0.3, 0.4) is 0 Å². The Balaban J connectivity index is 0. The Kier molecular flexibility index (Phi) is 15.2. The molecule has 0 bridgehead atoms. The molecule has 1 rings (SSSR count). The van der Waals surface area contributed by atoms with Crippen molar-refractivity contribution in [1.82, 2.24) is 4.90 Å². The average Bonchev–Trinajstić information content (AvgIpc) is 2.37. The fraction of sp³-hybridized carbons (Fsp3) is 0.846. The molecular weight excluding hydrogens is 232 g/mol. The van der Waals surface area contributed by atoms with Crippen molar-refractivity contribution >= 4 is 12.7 Å². The van der Waals surface area contributed by atoms with Crippen LogP contribution in [0.4, 0.5) is 0 Å². The minimum absolute atomic E-state index is 0.250. The van der Waals surface area contributed by atoms with Gasteiger partial charge in [-0.15, -0.1) is 0 Å². The van der Waals surface area contributed by atoms with Crippen LogP contribution in [0.1, 0.15) is 46.0 Å². The van der Waals surface area contributed by atoms with Gasteiger partial charge in [-0.2, -0.15) is 0 Å². The van der Waals surface area contributed by atoms with Gasteiger partial charge in [0.1, 0.15) is 6.29 Å². The summed E-state index contributed by atoms with van der Waals surface area (Å²) in [6.07, 6.45) is 7.04. The molecule has 3 N–H and O–H groups in total. The van der Waals surface area contributed by atoms with Gasteiger partial charge >= 0.3 is 0 Å². The standard InChI is InChI=1S/C11H21NO.CH3NO.CH4O/c1-10-6-5-7-11(2)12(10)8-3-4-9-13;2-1-3;1-2/h9-11H,3-8H2,1-2H3;1H,(H2,2,3);2H,1H3. The molecule has 2 atom stereocenters. The third-order valence-corrected chi connectivity index (χ3v) is 3.11. The molecule has 108 valence electrons. The summed E-state index contributed by atoms with van der Waals surface area (Å²) in [5.74, 6) is 0. The number of hydrogen-bond acceptors (Lipinski definition) is 4. The monoisotopic (exact) mass is 260 g/mol. The number of aldehydes is 1. The van der Waals surface area contributed by atoms with Crippen molar-refractivity contribution in [2.45, 2.75) is 58.0 Å². The molecule has 1 amide bonds. The van der Waals surface area contributed by atoms with Gasteiger partial charge in [-0.1, -0.05) is 6.42 Å². The number of aliphatic hydroxyl groups excluding tert-OH is 1. The highest BCUT2D eigenvalue weighted by Gasteiger charge is 2.23. The Labute approximate surface area is 110 Å². The van der Waals surface area contributed by atoms with E-state index in [1.165, 1.54) is 19.3 Å². The van der Waals surface area contributed by atoms with Gasteiger partial charge < -0.3 is 15.6 Å². The van der Waals surface area contributed by atoms with Crippen LogP contribution in [-0.4, -0.2) is 48.4 Å². The lowest BCUT2D eigenvalue weighted by Gasteiger charge is -2.38. The van der Waals surface area contributed by atoms with Crippen molar-refractivity contribution in [3.63, 3.8) is 0 Å². The number of carbonyl (C=O) groups is 2. The molecule has 1 fully saturated rings. The Morgan fingerprint density at radius 3 is 2.06 bits per heavy atom. The van der Waals surface area contributed by atoms with Gasteiger partial charge in [0.2, 0.25) is 6.41 Å². The molecule has 2 unspecified atom stereocenters. The van der Waals surface area contributed by atoms with E-state index in [1.807, 2.05) is 0 Å². The fourth-order valence-electron chi connectivity index (χ4n) is 2.27. The zero-order valence-corrected chi connectivity index (χ0v) is 11.8. The Hall–Kier alpha value is -0.940. The highest BCUT2D eigenvalue weighted by molar-refractivity contribution is 5.49. The lowest BCUT2D eigenvalue weighted by molar-refractivity contribution is -0.108. The third-order valence-electron chi connectivity index (χ3n) is 3.11. The number of piperidine rings is 1. The van der Waals surface area contributed by atoms with Crippen molar-refractivity contribution < 1.29 is 14.7 Å². The molecule has 5 heteroatoms. The van der Waals surface area contributed by atoms with Crippen molar-refractivity contribution in [2.24, 2.45) is 5.73 Å². The van der Waals surface area contributed by atoms with E-state index in [4.69, 9.17) is 9.90 Å². The number of hydrogen-bond donors (Lipinski definition) is 2. The van der Waals surface area contributed by atoms with Crippen LogP contribution >= 0.6 is 0 Å². The zero-order valence-electron chi connectivity index (χ0n) is 11.8. The molecule has 1 saturated heterocycles. The lowest BCUT2D eigenvalue weighted by Crippen LogP contribution is -2.44. The van der Waals surface area contributed by atoms with Crippen LogP contribution in [0.5, 0.6) is 0 Å². The SMILES string of the molecule is CC1CCCC(C)N1CCCC=O.CO.NC=O. The van der Waals surface area contributed by atoms with Crippen LogP contribution in [0.2, 0.25) is 0 Å². The molecule has 0 aliphatic carbocycles. The number of amides is 1. The molecule has 0 aromatic heterocycles. The Morgan fingerprint density at radius 2 is 1.67 bits per heavy atom. The van der Waals surface area contributed by atoms with Crippen LogP contribution < -0.4 is 5.73 Å². The van der Waals surface area contributed by atoms with Crippen molar-refractivity contribution in [3.8, 4) is 0 Å². The summed E-state index contributed by atoms with van der Waals surface area (Å²) in [7, 11) is 1.00. The van der Waals surface area contributed by atoms with Crippen molar-refractivity contribution in [3.05, 3.63) is 0 Å². The molecule has 0 radical (unpaired) electrons. The topological polar surface area (TPSA) is 83.6 Å². The minimum atomic E-state index is 0.250. The second kappa shape index (κ2) is 14.1. The number of unbranched alkanes of at least 4 members (excludes halogenated alkanes) is 1. The second-order valence-electron chi connectivity index (χ2n) is 4.31. The maximum Gasteiger partial charge on any atom is 0.204 e. The van der Waals surface area contributed by atoms with Gasteiger partial charge in [-0.25, -0.2) is 0 Å². The molecule has 5 nitrogen and oxygen atoms in total. The predicted molar refractivity (Wildman–Crippen MR) is 73.2 cm³/mol. The smallest absolute Gasteiger partial charge is 0.204 e. The third kappa shape index (κ3) is 9.13. The van der Waals surface area contributed by atoms with Crippen molar-refractivity contribution in [1.29, 1.82) is 0 Å². The summed E-state index contributed by atoms with van der Waals surface area (Å²) >= 11 is 0. The van der Waals surface area contributed by atoms with Crippen LogP contribution in [0.15, 0.2) is 0 Å². The molecule has 1 aliphatic heterocycles. The average molecular weight is 260 g/mol. The summed E-state index contributed by atoms with van der Waals surface area (Å²) in [4.78, 5) is 21.3. The predicted octanol–water partition coefficient (Wildman–Crippen LogP) is 0.938. The highest BCUT2D eigenvalue weighted by Crippen LogP contribution is 2.22. The number of aliphatic hydroxyl groups is 1. The van der Waals surface area contributed by atoms with Gasteiger partial charge in [0, 0.05) is 25.6 Å². The largest absolute Gasteiger partial charge is 0.400 e. The van der Waals surface area contributed by atoms with Gasteiger partial charge in [-0.3, -0.25) is 9.69 Å². The first-order valence-corrected chi connectivity index (χ1v) is 6.46. The van der Waals surface area contributed by atoms with Crippen LogP contribution in [-0.2, 0) is 9.59 Å². The summed E-state index contributed by atoms with van der Waals surface area (Å²) in [6, 6.07) is 1.44. The van der Waals surface area contributed by atoms with Gasteiger partial charge in [0.25, 0.3) is 0 Å². The van der Waals surface area contributed by atoms with Gasteiger partial charge in [0.15, 0.2) is 0 Å². The first-order valence-electron chi connectivity index (χ1n) is 6.46. The molecular formula is C13H28N2O3. The maximum atomic E-state index is 10.2. The lowest BCUT2D eigenvalue weighted by atomic mass is 9.97. The van der Waals surface area contributed by atoms with E-state index in [0.717, 1.165) is 44.9 Å². The van der Waals surface area contributed by atoms with Gasteiger partial charge in [-0.05, 0) is 39.7 Å². The maximum absolute atomic E-state index is 10.2. The van der Waals surface area contributed by atoms with E-state index in [2.05, 4.69) is 24.5 Å². The molecule has 18 heavy (non-hydrogen) atoms. The number of nitrogens with two attached hydrogens (primary N) is 1. The summed E-state index contributed by atoms with van der Waals surface area (Å²) in [6.45, 7) is 5.70. The summed E-state index contributed by atoms with van der Waals surface area (Å²) < 4.78 is 0. The highest BCUT2D eigenvalue weighted by atomic mass is 16.2. The van der Waals surface area contributed by atoms with Crippen LogP contribution in [0, 0.1) is 0 Å². The quantitative estimate of drug-likeness (QED) is 0.582. The second-order valence-corrected chi connectivity index (χ2v) is 4.31. The number of rotatable bonds is 4. The minimum Gasteiger partial charge on any atom is -0.400 e. The fourth-order valence-corrected chi connectivity index (χ4v) is 2.27. The first-order chi connectivity index (χ1) is 8.67. The van der Waals surface area contributed by atoms with E-state index in [0.29, 0.717) is 0 Å². The van der Waals surface area contributed by atoms with Crippen molar-refractivity contribution in [2.75, 3.05) is 13.7 Å². The van der Waals surface area contributed by atoms with Crippen LogP contribution in [0.25, 0.3) is 0 Å². The van der Waals surface area contributed by atoms with E-state index >= 15 is 0 Å². The Bertz CT molecular complexity index is 191. The molecule has 1 aliphatic rings. The molecule has 0 saturated carbocycles. The summed E-state index contributed by atoms with van der Waals surface area (Å²) in [5, 5.41) is 7.00. The van der Waals surface area contributed by atoms with E-state index in [9.17, 15) is 4.79 Å². The molecule has 1 heterocycles. The number of likely N-dealkylation sites (tertiary alicyclic amines) is 1. The molecule has 0 spiro atoms. The van der Waals surface area contributed by atoms with E-state index in [-0.39, 0.29) is 6.41 Å². The van der Waals surface area contributed by atoms with E-state index in [1.54, 1.807) is 0 Å². The molecule has 0 aromatic rings.